The van der Waals surface area contributed by atoms with Crippen LogP contribution in [0.4, 0.5) is 5.69 Å². The number of aromatic carboxylic acids is 1. The molecule has 0 unspecified atom stereocenters. The minimum absolute atomic E-state index is 0.0300. The fourth-order valence-electron chi connectivity index (χ4n) is 3.05. The van der Waals surface area contributed by atoms with Crippen molar-refractivity contribution in [1.29, 1.82) is 0 Å². The molecule has 27 heavy (non-hydrogen) atoms. The Morgan fingerprint density at radius 3 is 2.74 bits per heavy atom. The fraction of sp³-hybridized carbons (Fsp3) is 0.333. The highest BCUT2D eigenvalue weighted by molar-refractivity contribution is 7.89. The number of sulfonamides is 1. The van der Waals surface area contributed by atoms with Crippen molar-refractivity contribution in [3.8, 4) is 0 Å². The second kappa shape index (κ2) is 7.79. The number of rotatable bonds is 5. The Balaban J connectivity index is 1.79. The van der Waals surface area contributed by atoms with Crippen LogP contribution in [0.2, 0.25) is 0 Å². The first-order chi connectivity index (χ1) is 12.8. The summed E-state index contributed by atoms with van der Waals surface area (Å²) in [4.78, 5) is 24.0. The lowest BCUT2D eigenvalue weighted by Crippen LogP contribution is -2.38. The van der Waals surface area contributed by atoms with E-state index in [-0.39, 0.29) is 21.0 Å². The van der Waals surface area contributed by atoms with Gasteiger partial charge in [-0.3, -0.25) is 4.79 Å². The van der Waals surface area contributed by atoms with Crippen LogP contribution in [0.1, 0.15) is 39.8 Å². The van der Waals surface area contributed by atoms with E-state index in [4.69, 9.17) is 0 Å². The number of hydrogen-bond acceptors (Lipinski definition) is 5. The standard InChI is InChI=1S/C18H20N2O5S2/c1-12-5-4-8-20(10-12)27(24,25)13-9-16(26-11-13)17(21)19-15-7-3-2-6-14(15)18(22)23/h2-3,6-7,9,11-12H,4-5,8,10H2,1H3,(H,19,21)(H,22,23)/t12-/m0/s1. The second-order valence-electron chi connectivity index (χ2n) is 6.56. The molecule has 144 valence electrons. The van der Waals surface area contributed by atoms with E-state index in [1.165, 1.54) is 27.9 Å². The Hall–Kier alpha value is -2.23. The zero-order chi connectivity index (χ0) is 19.6. The largest absolute Gasteiger partial charge is 0.478 e. The Labute approximate surface area is 161 Å². The SMILES string of the molecule is C[C@H]1CCCN(S(=O)(=O)c2csc(C(=O)Nc3ccccc3C(=O)O)c2)C1. The van der Waals surface area contributed by atoms with Gasteiger partial charge in [0.25, 0.3) is 5.91 Å². The van der Waals surface area contributed by atoms with E-state index in [1.807, 2.05) is 6.92 Å². The molecule has 3 rings (SSSR count). The minimum atomic E-state index is -3.63. The summed E-state index contributed by atoms with van der Waals surface area (Å²) in [6.07, 6.45) is 1.83. The number of hydrogen-bond donors (Lipinski definition) is 2. The van der Waals surface area contributed by atoms with E-state index in [9.17, 15) is 23.1 Å². The van der Waals surface area contributed by atoms with Gasteiger partial charge in [-0.25, -0.2) is 13.2 Å². The number of nitrogens with one attached hydrogen (secondary N) is 1. The average molecular weight is 409 g/mol. The highest BCUT2D eigenvalue weighted by Gasteiger charge is 2.30. The summed E-state index contributed by atoms with van der Waals surface area (Å²) in [6.45, 7) is 2.98. The van der Waals surface area contributed by atoms with Gasteiger partial charge in [0.2, 0.25) is 10.0 Å². The van der Waals surface area contributed by atoms with Crippen LogP contribution in [0.25, 0.3) is 0 Å². The number of carbonyl (C=O) groups is 2. The number of carbonyl (C=O) groups excluding carboxylic acids is 1. The quantitative estimate of drug-likeness (QED) is 0.791. The van der Waals surface area contributed by atoms with Crippen LogP contribution in [-0.2, 0) is 10.0 Å². The van der Waals surface area contributed by atoms with Gasteiger partial charge in [-0.05, 0) is 37.0 Å². The molecule has 2 aromatic rings. The van der Waals surface area contributed by atoms with Crippen molar-refractivity contribution in [1.82, 2.24) is 4.31 Å². The molecule has 1 aromatic heterocycles. The number of thiophene rings is 1. The van der Waals surface area contributed by atoms with Crippen LogP contribution < -0.4 is 5.32 Å². The van der Waals surface area contributed by atoms with Crippen LogP contribution in [0.15, 0.2) is 40.6 Å². The van der Waals surface area contributed by atoms with Crippen molar-refractivity contribution in [2.24, 2.45) is 5.92 Å². The molecular weight excluding hydrogens is 388 g/mol. The summed E-state index contributed by atoms with van der Waals surface area (Å²) in [6, 6.07) is 7.40. The number of anilines is 1. The molecule has 0 aliphatic carbocycles. The summed E-state index contributed by atoms with van der Waals surface area (Å²) in [5.74, 6) is -1.39. The molecule has 0 bridgehead atoms. The molecule has 0 radical (unpaired) electrons. The molecule has 1 fully saturated rings. The molecule has 1 atom stereocenters. The summed E-state index contributed by atoms with van der Waals surface area (Å²) < 4.78 is 27.1. The summed E-state index contributed by atoms with van der Waals surface area (Å²) >= 11 is 1.02. The highest BCUT2D eigenvalue weighted by atomic mass is 32.2. The average Bonchev–Trinajstić information content (AvgIpc) is 3.13. The van der Waals surface area contributed by atoms with Crippen LogP contribution in [0.3, 0.4) is 0 Å². The van der Waals surface area contributed by atoms with Crippen molar-refractivity contribution in [3.63, 3.8) is 0 Å². The topological polar surface area (TPSA) is 104 Å². The molecule has 1 saturated heterocycles. The van der Waals surface area contributed by atoms with Crippen LogP contribution in [-0.4, -0.2) is 42.8 Å². The lowest BCUT2D eigenvalue weighted by molar-refractivity contribution is 0.0698. The Kier molecular flexibility index (Phi) is 5.64. The Morgan fingerprint density at radius 1 is 1.30 bits per heavy atom. The van der Waals surface area contributed by atoms with Crippen molar-refractivity contribution < 1.29 is 23.1 Å². The van der Waals surface area contributed by atoms with E-state index >= 15 is 0 Å². The molecule has 7 nitrogen and oxygen atoms in total. The molecular formula is C18H20N2O5S2. The molecule has 2 heterocycles. The third-order valence-corrected chi connectivity index (χ3v) is 7.38. The molecule has 1 aliphatic rings. The maximum atomic E-state index is 12.8. The van der Waals surface area contributed by atoms with Crippen LogP contribution in [0, 0.1) is 5.92 Å². The number of carboxylic acid groups (broad SMARTS) is 1. The van der Waals surface area contributed by atoms with Gasteiger partial charge in [0, 0.05) is 18.5 Å². The van der Waals surface area contributed by atoms with Gasteiger partial charge in [0.1, 0.15) is 0 Å². The molecule has 1 aliphatic heterocycles. The van der Waals surface area contributed by atoms with Gasteiger partial charge in [-0.2, -0.15) is 4.31 Å². The smallest absolute Gasteiger partial charge is 0.337 e. The number of nitrogens with zero attached hydrogens (tertiary/aromatic N) is 1. The van der Waals surface area contributed by atoms with E-state index in [2.05, 4.69) is 5.32 Å². The summed E-state index contributed by atoms with van der Waals surface area (Å²) in [5.41, 5.74) is 0.134. The van der Waals surface area contributed by atoms with Gasteiger partial charge in [-0.1, -0.05) is 19.1 Å². The van der Waals surface area contributed by atoms with Crippen molar-refractivity contribution in [2.45, 2.75) is 24.7 Å². The molecule has 1 amide bonds. The maximum absolute atomic E-state index is 12.8. The van der Waals surface area contributed by atoms with Gasteiger partial charge < -0.3 is 10.4 Å². The zero-order valence-corrected chi connectivity index (χ0v) is 16.3. The fourth-order valence-corrected chi connectivity index (χ4v) is 5.80. The summed E-state index contributed by atoms with van der Waals surface area (Å²) in [5, 5.41) is 13.2. The lowest BCUT2D eigenvalue weighted by Gasteiger charge is -2.29. The van der Waals surface area contributed by atoms with Crippen molar-refractivity contribution in [3.05, 3.63) is 46.2 Å². The summed E-state index contributed by atoms with van der Waals surface area (Å²) in [7, 11) is -3.63. The highest BCUT2D eigenvalue weighted by Crippen LogP contribution is 2.27. The van der Waals surface area contributed by atoms with E-state index in [0.29, 0.717) is 19.0 Å². The monoisotopic (exact) mass is 408 g/mol. The predicted octanol–water partition coefficient (Wildman–Crippen LogP) is 3.12. The minimum Gasteiger partial charge on any atom is -0.478 e. The van der Waals surface area contributed by atoms with Gasteiger partial charge in [0.15, 0.2) is 0 Å². The van der Waals surface area contributed by atoms with Crippen LogP contribution >= 0.6 is 11.3 Å². The molecule has 2 N–H and O–H groups in total. The number of piperidine rings is 1. The zero-order valence-electron chi connectivity index (χ0n) is 14.7. The number of amides is 1. The van der Waals surface area contributed by atoms with Gasteiger partial charge in [-0.15, -0.1) is 11.3 Å². The van der Waals surface area contributed by atoms with E-state index in [1.54, 1.807) is 12.1 Å². The Morgan fingerprint density at radius 2 is 2.04 bits per heavy atom. The molecule has 9 heteroatoms. The third-order valence-electron chi connectivity index (χ3n) is 4.46. The normalized spacial score (nSPS) is 18.2. The van der Waals surface area contributed by atoms with Gasteiger partial charge >= 0.3 is 5.97 Å². The number of para-hydroxylation sites is 1. The second-order valence-corrected chi connectivity index (χ2v) is 9.41. The molecule has 0 spiro atoms. The predicted molar refractivity (Wildman–Crippen MR) is 103 cm³/mol. The first kappa shape index (κ1) is 19.5. The Bertz CT molecular complexity index is 968. The van der Waals surface area contributed by atoms with Crippen molar-refractivity contribution in [2.75, 3.05) is 18.4 Å². The van der Waals surface area contributed by atoms with E-state index < -0.39 is 21.9 Å². The lowest BCUT2D eigenvalue weighted by atomic mass is 10.0. The van der Waals surface area contributed by atoms with Crippen molar-refractivity contribution >= 4 is 38.9 Å². The first-order valence-electron chi connectivity index (χ1n) is 8.51. The molecule has 0 saturated carbocycles. The number of carboxylic acids is 1. The first-order valence-corrected chi connectivity index (χ1v) is 10.8. The third kappa shape index (κ3) is 4.20. The van der Waals surface area contributed by atoms with Gasteiger partial charge in [0.05, 0.1) is 21.0 Å². The number of benzene rings is 1. The van der Waals surface area contributed by atoms with E-state index in [0.717, 1.165) is 24.2 Å². The molecule has 1 aromatic carbocycles. The van der Waals surface area contributed by atoms with Crippen LogP contribution in [0.5, 0.6) is 0 Å². The maximum Gasteiger partial charge on any atom is 0.337 e.